The molecule has 1 aliphatic rings. The van der Waals surface area contributed by atoms with Gasteiger partial charge in [0.05, 0.1) is 17.7 Å². The second-order valence-electron chi connectivity index (χ2n) is 8.64. The number of allylic oxidation sites excluding steroid dienone is 1. The van der Waals surface area contributed by atoms with Crippen molar-refractivity contribution >= 4 is 23.6 Å². The number of nitrogens with zero attached hydrogens (tertiary/aromatic N) is 3. The van der Waals surface area contributed by atoms with Gasteiger partial charge in [0.25, 0.3) is 0 Å². The van der Waals surface area contributed by atoms with Crippen molar-refractivity contribution < 1.29 is 44.7 Å². The summed E-state index contributed by atoms with van der Waals surface area (Å²) in [5, 5.41) is 0. The highest BCUT2D eigenvalue weighted by Gasteiger charge is 2.41. The third kappa shape index (κ3) is 7.68. The molecule has 2 aromatic carbocycles. The Kier molecular flexibility index (Phi) is 9.20. The Morgan fingerprint density at radius 3 is 2.36 bits per heavy atom. The van der Waals surface area contributed by atoms with Crippen LogP contribution in [0.5, 0.6) is 5.75 Å². The van der Waals surface area contributed by atoms with E-state index in [0.717, 1.165) is 48.6 Å². The molecule has 0 bridgehead atoms. The van der Waals surface area contributed by atoms with Crippen molar-refractivity contribution in [3.05, 3.63) is 65.1 Å². The molecule has 14 heteroatoms. The molecule has 1 amide bonds. The van der Waals surface area contributed by atoms with Crippen LogP contribution in [0.4, 0.5) is 45.6 Å². The molecule has 0 radical (unpaired) electrons. The van der Waals surface area contributed by atoms with Gasteiger partial charge in [0, 0.05) is 55.9 Å². The van der Waals surface area contributed by atoms with Gasteiger partial charge in [-0.3, -0.25) is 14.8 Å². The zero-order valence-electron chi connectivity index (χ0n) is 20.5. The summed E-state index contributed by atoms with van der Waals surface area (Å²) >= 11 is 0. The van der Waals surface area contributed by atoms with Gasteiger partial charge in [0.1, 0.15) is 12.0 Å². The van der Waals surface area contributed by atoms with Gasteiger partial charge in [-0.1, -0.05) is 0 Å². The van der Waals surface area contributed by atoms with Gasteiger partial charge in [0.2, 0.25) is 0 Å². The molecule has 1 saturated heterocycles. The number of hydrogen-bond acceptors (Lipinski definition) is 5. The zero-order valence-corrected chi connectivity index (χ0v) is 20.5. The van der Waals surface area contributed by atoms with Crippen LogP contribution in [0.15, 0.2) is 47.6 Å². The SMILES string of the molecule is CN(C(=O)Oc1c(C(C=NCCN2CCC(F)C2)=CN)cc(C(F)(F)F)cc1C(F)(F)F)c1ccc(F)cc1. The van der Waals surface area contributed by atoms with Crippen LogP contribution in [-0.4, -0.2) is 56.6 Å². The smallest absolute Gasteiger partial charge is 0.409 e. The summed E-state index contributed by atoms with van der Waals surface area (Å²) in [6.45, 7) is 1.03. The van der Waals surface area contributed by atoms with E-state index in [4.69, 9.17) is 10.5 Å². The van der Waals surface area contributed by atoms with Crippen LogP contribution in [-0.2, 0) is 12.4 Å². The number of hydrogen-bond donors (Lipinski definition) is 1. The third-order valence-corrected chi connectivity index (χ3v) is 5.88. The van der Waals surface area contributed by atoms with Gasteiger partial charge in [-0.05, 0) is 42.8 Å². The maximum Gasteiger partial charge on any atom is 0.420 e. The van der Waals surface area contributed by atoms with Crippen molar-refractivity contribution in [2.75, 3.05) is 38.1 Å². The first-order valence-corrected chi connectivity index (χ1v) is 11.5. The van der Waals surface area contributed by atoms with Crippen molar-refractivity contribution in [1.82, 2.24) is 4.90 Å². The number of nitrogens with two attached hydrogens (primary N) is 1. The van der Waals surface area contributed by atoms with Gasteiger partial charge in [-0.15, -0.1) is 0 Å². The summed E-state index contributed by atoms with van der Waals surface area (Å²) in [6, 6.07) is 4.48. The normalized spacial score (nSPS) is 17.2. The molecule has 2 N–H and O–H groups in total. The third-order valence-electron chi connectivity index (χ3n) is 5.88. The van der Waals surface area contributed by atoms with E-state index < -0.39 is 52.9 Å². The number of carbonyl (C=O) groups is 1. The van der Waals surface area contributed by atoms with Gasteiger partial charge in [-0.25, -0.2) is 13.6 Å². The lowest BCUT2D eigenvalue weighted by Gasteiger charge is -2.22. The molecule has 1 atom stereocenters. The fourth-order valence-corrected chi connectivity index (χ4v) is 3.81. The van der Waals surface area contributed by atoms with Crippen molar-refractivity contribution in [2.24, 2.45) is 10.7 Å². The van der Waals surface area contributed by atoms with Crippen molar-refractivity contribution in [1.29, 1.82) is 0 Å². The molecule has 0 aliphatic carbocycles. The molecule has 1 heterocycles. The van der Waals surface area contributed by atoms with Crippen molar-refractivity contribution in [3.8, 4) is 5.75 Å². The summed E-state index contributed by atoms with van der Waals surface area (Å²) in [5.74, 6) is -1.87. The van der Waals surface area contributed by atoms with Crippen LogP contribution >= 0.6 is 0 Å². The molecule has 1 fully saturated rings. The van der Waals surface area contributed by atoms with Gasteiger partial charge >= 0.3 is 18.4 Å². The highest BCUT2D eigenvalue weighted by atomic mass is 19.4. The molecule has 1 unspecified atom stereocenters. The number of alkyl halides is 7. The minimum atomic E-state index is -5.37. The van der Waals surface area contributed by atoms with E-state index in [1.54, 1.807) is 4.90 Å². The second kappa shape index (κ2) is 12.0. The van der Waals surface area contributed by atoms with E-state index in [1.807, 2.05) is 0 Å². The molecule has 39 heavy (non-hydrogen) atoms. The number of amides is 1. The molecular formula is C25H24F8N4O2. The number of anilines is 1. The minimum absolute atomic E-state index is 0.0389. The Hall–Kier alpha value is -3.68. The van der Waals surface area contributed by atoms with Gasteiger partial charge < -0.3 is 10.5 Å². The first-order chi connectivity index (χ1) is 18.2. The van der Waals surface area contributed by atoms with E-state index in [2.05, 4.69) is 4.99 Å². The summed E-state index contributed by atoms with van der Waals surface area (Å²) in [5.41, 5.74) is 0.893. The quantitative estimate of drug-likeness (QED) is 0.335. The van der Waals surface area contributed by atoms with Gasteiger partial charge in [-0.2, -0.15) is 26.3 Å². The highest BCUT2D eigenvalue weighted by Crippen LogP contribution is 2.44. The Morgan fingerprint density at radius 2 is 1.82 bits per heavy atom. The number of rotatable bonds is 7. The Labute approximate surface area is 218 Å². The fourth-order valence-electron chi connectivity index (χ4n) is 3.81. The number of ether oxygens (including phenoxy) is 1. The molecule has 2 aromatic rings. The molecule has 3 rings (SSSR count). The molecule has 0 aromatic heterocycles. The highest BCUT2D eigenvalue weighted by molar-refractivity contribution is 6.11. The zero-order chi connectivity index (χ0) is 29.0. The lowest BCUT2D eigenvalue weighted by molar-refractivity contribution is -0.143. The van der Waals surface area contributed by atoms with Crippen molar-refractivity contribution in [2.45, 2.75) is 24.9 Å². The fraction of sp³-hybridized carbons (Fsp3) is 0.360. The van der Waals surface area contributed by atoms with E-state index in [-0.39, 0.29) is 30.4 Å². The lowest BCUT2D eigenvalue weighted by atomic mass is 9.98. The van der Waals surface area contributed by atoms with E-state index in [0.29, 0.717) is 25.6 Å². The molecule has 0 saturated carbocycles. The Morgan fingerprint density at radius 1 is 1.15 bits per heavy atom. The maximum absolute atomic E-state index is 14.0. The minimum Gasteiger partial charge on any atom is -0.409 e. The Bertz CT molecular complexity index is 1230. The predicted molar refractivity (Wildman–Crippen MR) is 129 cm³/mol. The maximum atomic E-state index is 14.0. The summed E-state index contributed by atoms with van der Waals surface area (Å²) in [4.78, 5) is 19.3. The topological polar surface area (TPSA) is 71.2 Å². The lowest BCUT2D eigenvalue weighted by Crippen LogP contribution is -2.30. The van der Waals surface area contributed by atoms with Crippen molar-refractivity contribution in [3.63, 3.8) is 0 Å². The number of halogens is 8. The van der Waals surface area contributed by atoms with E-state index >= 15 is 0 Å². The van der Waals surface area contributed by atoms with Crippen LogP contribution in [0.2, 0.25) is 0 Å². The first kappa shape index (κ1) is 29.9. The van der Waals surface area contributed by atoms with Crippen LogP contribution in [0.3, 0.4) is 0 Å². The predicted octanol–water partition coefficient (Wildman–Crippen LogP) is 5.91. The van der Waals surface area contributed by atoms with Crippen LogP contribution in [0.25, 0.3) is 5.57 Å². The van der Waals surface area contributed by atoms with Crippen LogP contribution in [0, 0.1) is 5.82 Å². The molecule has 1 aliphatic heterocycles. The van der Waals surface area contributed by atoms with Crippen LogP contribution < -0.4 is 15.4 Å². The Balaban J connectivity index is 2.01. The average molecular weight is 564 g/mol. The second-order valence-corrected chi connectivity index (χ2v) is 8.64. The number of likely N-dealkylation sites (tertiary alicyclic amines) is 1. The number of aliphatic imine (C=N–C) groups is 1. The molecular weight excluding hydrogens is 540 g/mol. The average Bonchev–Trinajstić information content (AvgIpc) is 3.27. The number of carbonyl (C=O) groups excluding carboxylic acids is 1. The van der Waals surface area contributed by atoms with E-state index in [1.165, 1.54) is 0 Å². The monoisotopic (exact) mass is 564 g/mol. The molecule has 0 spiro atoms. The first-order valence-electron chi connectivity index (χ1n) is 11.5. The van der Waals surface area contributed by atoms with E-state index in [9.17, 15) is 39.9 Å². The number of benzene rings is 2. The molecule has 6 nitrogen and oxygen atoms in total. The summed E-state index contributed by atoms with van der Waals surface area (Å²) < 4.78 is 114. The summed E-state index contributed by atoms with van der Waals surface area (Å²) in [6.07, 6.45) is -10.9. The largest absolute Gasteiger partial charge is 0.420 e. The summed E-state index contributed by atoms with van der Waals surface area (Å²) in [7, 11) is 1.12. The standard InChI is InChI=1S/C25H24F8N4O2/c1-36(19-4-2-17(26)3-5-19)23(38)39-22-20(10-16(24(28,29)30)11-21(22)25(31,32)33)15(12-34)13-35-7-9-37-8-6-18(27)14-37/h2-5,10-13,18H,6-9,14,34H2,1H3. The van der Waals surface area contributed by atoms with Gasteiger partial charge in [0.15, 0.2) is 5.75 Å². The van der Waals surface area contributed by atoms with Crippen LogP contribution in [0.1, 0.15) is 23.1 Å². The molecule has 212 valence electrons.